The fourth-order valence-electron chi connectivity index (χ4n) is 4.43. The maximum atomic E-state index is 15.2. The molecule has 4 aromatic rings. The van der Waals surface area contributed by atoms with Crippen molar-refractivity contribution in [2.75, 3.05) is 45.2 Å². The van der Waals surface area contributed by atoms with E-state index in [1.165, 1.54) is 12.1 Å². The van der Waals surface area contributed by atoms with E-state index in [2.05, 4.69) is 37.4 Å². The Morgan fingerprint density at radius 3 is 2.72 bits per heavy atom. The summed E-state index contributed by atoms with van der Waals surface area (Å²) in [6.07, 6.45) is 7.81. The molecule has 0 saturated carbocycles. The molecule has 0 unspecified atom stereocenters. The summed E-state index contributed by atoms with van der Waals surface area (Å²) in [5, 5.41) is 15.9. The second-order valence-electron chi connectivity index (χ2n) is 9.28. The van der Waals surface area contributed by atoms with E-state index in [-0.39, 0.29) is 29.7 Å². The van der Waals surface area contributed by atoms with Crippen LogP contribution in [0, 0.1) is 11.6 Å². The van der Waals surface area contributed by atoms with Crippen molar-refractivity contribution in [3.8, 4) is 34.0 Å². The highest BCUT2D eigenvalue weighted by molar-refractivity contribution is 5.76. The first-order valence-corrected chi connectivity index (χ1v) is 13.0. The van der Waals surface area contributed by atoms with E-state index in [1.807, 2.05) is 10.9 Å². The number of aryl methyl sites for hydroxylation is 1. The number of nitrogen functional groups attached to an aromatic ring is 1. The third-order valence-electron chi connectivity index (χ3n) is 6.53. The molecule has 5 rings (SSSR count). The van der Waals surface area contributed by atoms with Gasteiger partial charge in [0.2, 0.25) is 5.82 Å². The number of tetrazole rings is 1. The number of halogens is 2. The van der Waals surface area contributed by atoms with E-state index in [0.29, 0.717) is 5.56 Å². The van der Waals surface area contributed by atoms with Gasteiger partial charge in [-0.25, -0.2) is 9.37 Å². The van der Waals surface area contributed by atoms with Crippen LogP contribution in [0.2, 0.25) is 0 Å². The van der Waals surface area contributed by atoms with E-state index in [4.69, 9.17) is 15.2 Å². The van der Waals surface area contributed by atoms with E-state index in [1.54, 1.807) is 18.5 Å². The minimum atomic E-state index is -1.13. The fourth-order valence-corrected chi connectivity index (χ4v) is 4.43. The topological polar surface area (TPSA) is 122 Å². The Bertz CT molecular complexity index is 1400. The number of pyridine rings is 1. The Morgan fingerprint density at radius 1 is 1.05 bits per heavy atom. The maximum Gasteiger partial charge on any atom is 0.202 e. The van der Waals surface area contributed by atoms with Crippen LogP contribution >= 0.6 is 0 Å². The smallest absolute Gasteiger partial charge is 0.202 e. The van der Waals surface area contributed by atoms with Crippen molar-refractivity contribution in [2.45, 2.75) is 32.7 Å². The first-order chi connectivity index (χ1) is 19.0. The average Bonchev–Trinajstić information content (AvgIpc) is 3.62. The largest absolute Gasteiger partial charge is 0.490 e. The highest BCUT2D eigenvalue weighted by Crippen LogP contribution is 2.31. The fraction of sp³-hybridized carbons (Fsp3) is 0.423. The average molecular weight is 540 g/mol. The molecule has 4 heterocycles. The van der Waals surface area contributed by atoms with Crippen LogP contribution in [0.5, 0.6) is 5.75 Å². The van der Waals surface area contributed by atoms with Crippen LogP contribution in [0.25, 0.3) is 28.2 Å². The molecule has 0 atom stereocenters. The summed E-state index contributed by atoms with van der Waals surface area (Å²) in [6.45, 7) is 7.37. The van der Waals surface area contributed by atoms with Gasteiger partial charge in [-0.05, 0) is 54.4 Å². The van der Waals surface area contributed by atoms with Gasteiger partial charge >= 0.3 is 0 Å². The number of aromatic nitrogens is 7. The van der Waals surface area contributed by atoms with Gasteiger partial charge in [0, 0.05) is 43.2 Å². The van der Waals surface area contributed by atoms with Gasteiger partial charge in [-0.15, -0.1) is 5.10 Å². The van der Waals surface area contributed by atoms with E-state index in [9.17, 15) is 4.39 Å². The van der Waals surface area contributed by atoms with Gasteiger partial charge in [-0.1, -0.05) is 6.92 Å². The Kier molecular flexibility index (Phi) is 8.37. The number of anilines is 1. The lowest BCUT2D eigenvalue weighted by Crippen LogP contribution is -2.36. The molecule has 0 aliphatic carbocycles. The minimum Gasteiger partial charge on any atom is -0.490 e. The molecule has 1 aliphatic rings. The minimum absolute atomic E-state index is 0.123. The highest BCUT2D eigenvalue weighted by atomic mass is 19.2. The van der Waals surface area contributed by atoms with Crippen LogP contribution in [-0.2, 0) is 11.3 Å². The number of ether oxygens (including phenoxy) is 2. The number of hydrogen-bond donors (Lipinski definition) is 1. The molecule has 39 heavy (non-hydrogen) atoms. The maximum absolute atomic E-state index is 15.2. The third-order valence-corrected chi connectivity index (χ3v) is 6.53. The number of rotatable bonds is 11. The van der Waals surface area contributed by atoms with Crippen LogP contribution in [-0.4, -0.2) is 79.3 Å². The number of nitrogens with two attached hydrogens (primary N) is 1. The summed E-state index contributed by atoms with van der Waals surface area (Å²) >= 11 is 0. The summed E-state index contributed by atoms with van der Waals surface area (Å²) in [6, 6.07) is 4.51. The van der Waals surface area contributed by atoms with Gasteiger partial charge in [0.1, 0.15) is 11.5 Å². The third kappa shape index (κ3) is 6.04. The van der Waals surface area contributed by atoms with Crippen molar-refractivity contribution in [1.82, 2.24) is 39.9 Å². The molecule has 0 radical (unpaired) electrons. The molecule has 0 spiro atoms. The van der Waals surface area contributed by atoms with Crippen LogP contribution in [0.3, 0.4) is 0 Å². The van der Waals surface area contributed by atoms with Crippen molar-refractivity contribution in [2.24, 2.45) is 0 Å². The number of unbranched alkanes of at least 4 members (excludes halogenated alkanes) is 1. The van der Waals surface area contributed by atoms with E-state index >= 15 is 4.39 Å². The lowest BCUT2D eigenvalue weighted by Gasteiger charge is -2.26. The van der Waals surface area contributed by atoms with Gasteiger partial charge in [-0.3, -0.25) is 9.58 Å². The predicted octanol–water partition coefficient (Wildman–Crippen LogP) is 3.35. The quantitative estimate of drug-likeness (QED) is 0.286. The van der Waals surface area contributed by atoms with Gasteiger partial charge in [0.05, 0.1) is 31.6 Å². The van der Waals surface area contributed by atoms with Crippen LogP contribution in [0.1, 0.15) is 26.2 Å². The highest BCUT2D eigenvalue weighted by Gasteiger charge is 2.22. The molecule has 13 heteroatoms. The normalized spacial score (nSPS) is 14.1. The van der Waals surface area contributed by atoms with Crippen molar-refractivity contribution in [1.29, 1.82) is 0 Å². The molecule has 1 aromatic carbocycles. The van der Waals surface area contributed by atoms with Gasteiger partial charge in [0.15, 0.2) is 17.4 Å². The monoisotopic (exact) mass is 539 g/mol. The zero-order valence-electron chi connectivity index (χ0n) is 21.8. The van der Waals surface area contributed by atoms with Crippen molar-refractivity contribution >= 4 is 5.82 Å². The summed E-state index contributed by atoms with van der Waals surface area (Å²) < 4.78 is 44.0. The second-order valence-corrected chi connectivity index (χ2v) is 9.28. The Hall–Kier alpha value is -3.97. The number of benzene rings is 1. The Morgan fingerprint density at radius 2 is 1.90 bits per heavy atom. The molecular weight excluding hydrogens is 508 g/mol. The summed E-state index contributed by atoms with van der Waals surface area (Å²) in [5.74, 6) is -2.13. The molecule has 206 valence electrons. The SMILES string of the molecule is CCCn1cc(-c2cnc(N)c(-c3nnnn3-c3ccc(OCCCCN4CCOCC4)c(F)c3F)c2)cn1. The molecule has 0 bridgehead atoms. The van der Waals surface area contributed by atoms with Crippen LogP contribution in [0.4, 0.5) is 14.6 Å². The second kappa shape index (κ2) is 12.3. The number of hydrogen-bond acceptors (Lipinski definition) is 9. The van der Waals surface area contributed by atoms with Crippen molar-refractivity contribution in [3.63, 3.8) is 0 Å². The Labute approximate surface area is 224 Å². The van der Waals surface area contributed by atoms with Crippen LogP contribution < -0.4 is 10.5 Å². The van der Waals surface area contributed by atoms with Gasteiger partial charge in [0.25, 0.3) is 0 Å². The van der Waals surface area contributed by atoms with E-state index < -0.39 is 11.6 Å². The standard InChI is InChI=1S/C26H31F2N9O2/c1-2-7-36-17-19(16-31-36)18-14-20(25(29)30-15-18)26-32-33-34-37(26)21-5-6-22(24(28)23(21)27)39-11-4-3-8-35-9-12-38-13-10-35/h5-6,14-17H,2-4,7-13H2,1H3,(H2,29,30). The summed E-state index contributed by atoms with van der Waals surface area (Å²) in [7, 11) is 0. The molecule has 2 N–H and O–H groups in total. The van der Waals surface area contributed by atoms with Crippen molar-refractivity contribution < 1.29 is 18.3 Å². The first-order valence-electron chi connectivity index (χ1n) is 13.0. The van der Waals surface area contributed by atoms with Crippen LogP contribution in [0.15, 0.2) is 36.8 Å². The van der Waals surface area contributed by atoms with E-state index in [0.717, 1.165) is 74.5 Å². The molecule has 1 fully saturated rings. The number of morpholine rings is 1. The number of nitrogens with zero attached hydrogens (tertiary/aromatic N) is 8. The predicted molar refractivity (Wildman–Crippen MR) is 140 cm³/mol. The molecule has 11 nitrogen and oxygen atoms in total. The molecule has 3 aromatic heterocycles. The lowest BCUT2D eigenvalue weighted by atomic mass is 10.1. The first kappa shape index (κ1) is 26.6. The molecular formula is C26H31F2N9O2. The molecule has 0 amide bonds. The lowest BCUT2D eigenvalue weighted by molar-refractivity contribution is 0.0367. The summed E-state index contributed by atoms with van der Waals surface area (Å²) in [4.78, 5) is 6.59. The Balaban J connectivity index is 1.31. The van der Waals surface area contributed by atoms with Crippen molar-refractivity contribution in [3.05, 3.63) is 48.4 Å². The zero-order chi connectivity index (χ0) is 27.2. The molecule has 1 saturated heterocycles. The van der Waals surface area contributed by atoms with Gasteiger partial charge in [-0.2, -0.15) is 14.2 Å². The zero-order valence-corrected chi connectivity index (χ0v) is 21.8. The molecule has 1 aliphatic heterocycles. The summed E-state index contributed by atoms with van der Waals surface area (Å²) in [5.41, 5.74) is 7.91. The van der Waals surface area contributed by atoms with Gasteiger partial charge < -0.3 is 15.2 Å².